The van der Waals surface area contributed by atoms with Gasteiger partial charge in [0.05, 0.1) is 11.9 Å². The molecule has 31 heavy (non-hydrogen) atoms. The van der Waals surface area contributed by atoms with Crippen LogP contribution in [0.15, 0.2) is 18.5 Å². The number of nitrogen functional groups attached to an aromatic ring is 1. The number of piperidine rings is 1. The largest absolute Gasteiger partial charge is 0.380 e. The number of amides is 1. The van der Waals surface area contributed by atoms with Crippen molar-refractivity contribution in [1.82, 2.24) is 29.5 Å². The summed E-state index contributed by atoms with van der Waals surface area (Å²) >= 11 is 0. The van der Waals surface area contributed by atoms with Gasteiger partial charge in [0.2, 0.25) is 5.82 Å². The Kier molecular flexibility index (Phi) is 6.01. The van der Waals surface area contributed by atoms with Crippen LogP contribution >= 0.6 is 0 Å². The van der Waals surface area contributed by atoms with Crippen LogP contribution < -0.4 is 10.6 Å². The lowest BCUT2D eigenvalue weighted by Gasteiger charge is -2.29. The minimum absolute atomic E-state index is 0.0787. The van der Waals surface area contributed by atoms with E-state index in [9.17, 15) is 4.79 Å². The highest BCUT2D eigenvalue weighted by Gasteiger charge is 2.20. The first-order chi connectivity index (χ1) is 15.0. The summed E-state index contributed by atoms with van der Waals surface area (Å²) < 4.78 is 1.63. The van der Waals surface area contributed by atoms with Crippen molar-refractivity contribution in [2.24, 2.45) is 0 Å². The number of aryl methyl sites for hydroxylation is 1. The van der Waals surface area contributed by atoms with Crippen molar-refractivity contribution in [3.05, 3.63) is 41.1 Å². The number of nitrogens with two attached hydrogens (primary N) is 1. The van der Waals surface area contributed by atoms with Crippen LogP contribution in [0.25, 0.3) is 5.65 Å². The van der Waals surface area contributed by atoms with Gasteiger partial charge in [-0.1, -0.05) is 13.0 Å². The Morgan fingerprint density at radius 1 is 1.19 bits per heavy atom. The molecule has 0 atom stereocenters. The molecule has 0 unspecified atom stereocenters. The van der Waals surface area contributed by atoms with Gasteiger partial charge >= 0.3 is 0 Å². The third kappa shape index (κ3) is 4.30. The normalized spacial score (nSPS) is 14.2. The van der Waals surface area contributed by atoms with Gasteiger partial charge in [0, 0.05) is 39.3 Å². The second-order valence-electron chi connectivity index (χ2n) is 8.24. The summed E-state index contributed by atoms with van der Waals surface area (Å²) in [4.78, 5) is 29.9. The molecule has 0 aliphatic carbocycles. The lowest BCUT2D eigenvalue weighted by atomic mass is 10.1. The minimum Gasteiger partial charge on any atom is -0.380 e. The minimum atomic E-state index is -0.251. The lowest BCUT2D eigenvalue weighted by molar-refractivity contribution is 0.0781. The van der Waals surface area contributed by atoms with Crippen molar-refractivity contribution >= 4 is 23.2 Å². The van der Waals surface area contributed by atoms with E-state index in [1.165, 1.54) is 24.8 Å². The predicted octanol–water partition coefficient (Wildman–Crippen LogP) is 2.47. The number of hydrogen-bond acceptors (Lipinski definition) is 7. The van der Waals surface area contributed by atoms with Crippen LogP contribution in [0.4, 0.5) is 11.6 Å². The Hall–Kier alpha value is -3.23. The zero-order valence-corrected chi connectivity index (χ0v) is 18.5. The number of aromatic nitrogens is 5. The van der Waals surface area contributed by atoms with Crippen molar-refractivity contribution in [1.29, 1.82) is 0 Å². The van der Waals surface area contributed by atoms with E-state index in [0.29, 0.717) is 18.6 Å². The molecule has 0 aromatic carbocycles. The summed E-state index contributed by atoms with van der Waals surface area (Å²) in [6, 6.07) is 2.17. The quantitative estimate of drug-likeness (QED) is 0.650. The SMILES string of the molecule is CCCN(C)C(=O)c1nc(N)c2ncc(Cc3cnc(N4CCCCC4)c(C)c3)n2n1. The number of imidazole rings is 1. The Labute approximate surface area is 182 Å². The highest BCUT2D eigenvalue weighted by atomic mass is 16.2. The van der Waals surface area contributed by atoms with E-state index in [1.807, 2.05) is 13.1 Å². The first-order valence-electron chi connectivity index (χ1n) is 10.9. The highest BCUT2D eigenvalue weighted by Crippen LogP contribution is 2.23. The standard InChI is InChI=1S/C22H30N8O/c1-4-8-28(3)22(31)19-26-18(23)21-25-14-17(30(21)27-19)12-16-11-15(2)20(24-13-16)29-9-6-5-7-10-29/h11,13-14H,4-10,12H2,1-3H3,(H2,23,26,27). The van der Waals surface area contributed by atoms with E-state index in [1.54, 1.807) is 22.7 Å². The molecule has 4 rings (SSSR count). The Balaban J connectivity index is 1.61. The molecular weight excluding hydrogens is 392 g/mol. The summed E-state index contributed by atoms with van der Waals surface area (Å²) in [6.45, 7) is 6.89. The van der Waals surface area contributed by atoms with Crippen LogP contribution in [0.3, 0.4) is 0 Å². The monoisotopic (exact) mass is 422 g/mol. The fourth-order valence-electron chi connectivity index (χ4n) is 4.14. The van der Waals surface area contributed by atoms with Gasteiger partial charge in [0.15, 0.2) is 11.5 Å². The average Bonchev–Trinajstić information content (AvgIpc) is 3.17. The number of pyridine rings is 1. The van der Waals surface area contributed by atoms with Gasteiger partial charge in [-0.2, -0.15) is 0 Å². The van der Waals surface area contributed by atoms with Gasteiger partial charge < -0.3 is 15.5 Å². The van der Waals surface area contributed by atoms with Crippen LogP contribution in [-0.2, 0) is 6.42 Å². The van der Waals surface area contributed by atoms with Crippen LogP contribution in [0.2, 0.25) is 0 Å². The highest BCUT2D eigenvalue weighted by molar-refractivity contribution is 5.90. The van der Waals surface area contributed by atoms with Crippen molar-refractivity contribution in [2.45, 2.75) is 46.0 Å². The molecule has 4 heterocycles. The predicted molar refractivity (Wildman–Crippen MR) is 120 cm³/mol. The molecule has 0 saturated carbocycles. The van der Waals surface area contributed by atoms with Gasteiger partial charge in [-0.25, -0.2) is 19.5 Å². The number of carbonyl (C=O) groups excluding carboxylic acids is 1. The molecule has 9 nitrogen and oxygen atoms in total. The number of hydrogen-bond donors (Lipinski definition) is 1. The van der Waals surface area contributed by atoms with E-state index in [2.05, 4.69) is 33.0 Å². The van der Waals surface area contributed by atoms with Crippen molar-refractivity contribution < 1.29 is 4.79 Å². The van der Waals surface area contributed by atoms with Gasteiger partial charge in [0.1, 0.15) is 5.82 Å². The van der Waals surface area contributed by atoms with Gasteiger partial charge in [-0.3, -0.25) is 4.79 Å². The molecule has 1 saturated heterocycles. The summed E-state index contributed by atoms with van der Waals surface area (Å²) in [5.74, 6) is 1.10. The molecule has 1 aliphatic rings. The fourth-order valence-corrected chi connectivity index (χ4v) is 4.14. The number of anilines is 2. The van der Waals surface area contributed by atoms with Crippen LogP contribution in [0.1, 0.15) is 60.0 Å². The van der Waals surface area contributed by atoms with Crippen molar-refractivity contribution in [3.63, 3.8) is 0 Å². The first kappa shape index (κ1) is 21.0. The molecule has 3 aromatic rings. The maximum Gasteiger partial charge on any atom is 0.293 e. The van der Waals surface area contributed by atoms with E-state index in [-0.39, 0.29) is 17.5 Å². The van der Waals surface area contributed by atoms with E-state index in [4.69, 9.17) is 10.7 Å². The van der Waals surface area contributed by atoms with E-state index in [0.717, 1.165) is 36.6 Å². The van der Waals surface area contributed by atoms with Crippen LogP contribution in [-0.4, -0.2) is 62.1 Å². The maximum absolute atomic E-state index is 12.7. The fraction of sp³-hybridized carbons (Fsp3) is 0.500. The van der Waals surface area contributed by atoms with E-state index < -0.39 is 0 Å². The third-order valence-corrected chi connectivity index (χ3v) is 5.70. The number of nitrogens with zero attached hydrogens (tertiary/aromatic N) is 7. The van der Waals surface area contributed by atoms with Crippen LogP contribution in [0, 0.1) is 6.92 Å². The molecule has 3 aromatic heterocycles. The summed E-state index contributed by atoms with van der Waals surface area (Å²) in [7, 11) is 1.74. The Morgan fingerprint density at radius 2 is 1.97 bits per heavy atom. The van der Waals surface area contributed by atoms with Crippen molar-refractivity contribution in [3.8, 4) is 0 Å². The van der Waals surface area contributed by atoms with Crippen molar-refractivity contribution in [2.75, 3.05) is 37.3 Å². The van der Waals surface area contributed by atoms with Gasteiger partial charge in [-0.15, -0.1) is 5.10 Å². The third-order valence-electron chi connectivity index (χ3n) is 5.70. The van der Waals surface area contributed by atoms with Crippen LogP contribution in [0.5, 0.6) is 0 Å². The zero-order valence-electron chi connectivity index (χ0n) is 18.5. The molecule has 1 fully saturated rings. The molecule has 0 spiro atoms. The topological polar surface area (TPSA) is 106 Å². The number of fused-ring (bicyclic) bond motifs is 1. The summed E-state index contributed by atoms with van der Waals surface area (Å²) in [6.07, 6.45) is 8.84. The number of carbonyl (C=O) groups is 1. The summed E-state index contributed by atoms with van der Waals surface area (Å²) in [5.41, 5.74) is 9.60. The summed E-state index contributed by atoms with van der Waals surface area (Å²) in [5, 5.41) is 4.45. The Bertz CT molecular complexity index is 1090. The second-order valence-corrected chi connectivity index (χ2v) is 8.24. The zero-order chi connectivity index (χ0) is 22.0. The number of rotatable bonds is 6. The first-order valence-corrected chi connectivity index (χ1v) is 10.9. The molecule has 0 bridgehead atoms. The lowest BCUT2D eigenvalue weighted by Crippen LogP contribution is -2.30. The molecule has 164 valence electrons. The smallest absolute Gasteiger partial charge is 0.293 e. The average molecular weight is 423 g/mol. The van der Waals surface area contributed by atoms with Gasteiger partial charge in [-0.05, 0) is 43.7 Å². The Morgan fingerprint density at radius 3 is 2.68 bits per heavy atom. The molecule has 1 amide bonds. The molecule has 2 N–H and O–H groups in total. The molecular formula is C22H30N8O. The second kappa shape index (κ2) is 8.87. The molecule has 9 heteroatoms. The maximum atomic E-state index is 12.7. The van der Waals surface area contributed by atoms with E-state index >= 15 is 0 Å². The van der Waals surface area contributed by atoms with Gasteiger partial charge in [0.25, 0.3) is 5.91 Å². The molecule has 0 radical (unpaired) electrons. The molecule has 1 aliphatic heterocycles.